The number of unbranched alkanes of at least 4 members (excludes halogenated alkanes) is 4. The SMILES string of the molecule is CCCCCCCN1C[C@@H](C)C[C@H]2O[C@]3(CC[C@@H]4C(=C3C)C[C@H]3[C@H]4CC=C4CC(=O)CC[C@@]43C)[C@H](C)C21. The molecule has 0 aromatic carbocycles. The molecule has 1 unspecified atom stereocenters. The van der Waals surface area contributed by atoms with Gasteiger partial charge in [-0.15, -0.1) is 0 Å². The van der Waals surface area contributed by atoms with Gasteiger partial charge < -0.3 is 4.74 Å². The topological polar surface area (TPSA) is 29.5 Å². The summed E-state index contributed by atoms with van der Waals surface area (Å²) in [5.41, 5.74) is 5.09. The Kier molecular flexibility index (Phi) is 7.05. The molecule has 3 nitrogen and oxygen atoms in total. The van der Waals surface area contributed by atoms with Crippen LogP contribution in [0.5, 0.6) is 0 Å². The van der Waals surface area contributed by atoms with Crippen molar-refractivity contribution >= 4 is 5.78 Å². The molecular formula is C34H53NO2. The first kappa shape index (κ1) is 26.3. The highest BCUT2D eigenvalue weighted by Gasteiger charge is 2.61. The van der Waals surface area contributed by atoms with Crippen LogP contribution >= 0.6 is 0 Å². The molecule has 3 heteroatoms. The Morgan fingerprint density at radius 3 is 2.76 bits per heavy atom. The molecule has 0 amide bonds. The van der Waals surface area contributed by atoms with Gasteiger partial charge in [-0.1, -0.05) is 70.6 Å². The molecule has 0 N–H and O–H groups in total. The van der Waals surface area contributed by atoms with E-state index in [2.05, 4.69) is 45.6 Å². The minimum atomic E-state index is -0.0428. The molecule has 0 aromatic heterocycles. The first-order valence-corrected chi connectivity index (χ1v) is 16.1. The number of nitrogens with zero attached hydrogens (tertiary/aromatic N) is 1. The Morgan fingerprint density at radius 2 is 1.95 bits per heavy atom. The summed E-state index contributed by atoms with van der Waals surface area (Å²) in [5, 5.41) is 0. The highest BCUT2D eigenvalue weighted by Crippen LogP contribution is 2.65. The van der Waals surface area contributed by atoms with Crippen LogP contribution < -0.4 is 0 Å². The van der Waals surface area contributed by atoms with E-state index in [0.717, 1.165) is 42.9 Å². The Morgan fingerprint density at radius 1 is 1.14 bits per heavy atom. The Labute approximate surface area is 226 Å². The number of Topliss-reactive ketones (excluding diaryl/α,β-unsaturated/α-hetero) is 1. The summed E-state index contributed by atoms with van der Waals surface area (Å²) in [6, 6.07) is 0.591. The molecule has 37 heavy (non-hydrogen) atoms. The fourth-order valence-electron chi connectivity index (χ4n) is 10.5. The summed E-state index contributed by atoms with van der Waals surface area (Å²) in [5.74, 6) is 4.03. The molecule has 9 atom stereocenters. The monoisotopic (exact) mass is 507 g/mol. The second-order valence-electron chi connectivity index (χ2n) is 14.4. The van der Waals surface area contributed by atoms with Crippen LogP contribution in [0.15, 0.2) is 22.8 Å². The lowest BCUT2D eigenvalue weighted by molar-refractivity contribution is -0.121. The molecular weight excluding hydrogens is 454 g/mol. The van der Waals surface area contributed by atoms with Crippen LogP contribution in [0.25, 0.3) is 0 Å². The van der Waals surface area contributed by atoms with Crippen LogP contribution in [0.1, 0.15) is 118 Å². The lowest BCUT2D eigenvalue weighted by Gasteiger charge is -2.47. The average Bonchev–Trinajstić information content (AvgIpc) is 3.39. The van der Waals surface area contributed by atoms with Crippen LogP contribution in [0.2, 0.25) is 0 Å². The normalized spacial score (nSPS) is 45.5. The van der Waals surface area contributed by atoms with Crippen molar-refractivity contribution in [3.63, 3.8) is 0 Å². The van der Waals surface area contributed by atoms with E-state index in [1.54, 1.807) is 11.1 Å². The van der Waals surface area contributed by atoms with E-state index in [-0.39, 0.29) is 11.0 Å². The lowest BCUT2D eigenvalue weighted by Crippen LogP contribution is -2.52. The molecule has 0 radical (unpaired) electrons. The van der Waals surface area contributed by atoms with Gasteiger partial charge in [-0.25, -0.2) is 0 Å². The van der Waals surface area contributed by atoms with E-state index in [0.29, 0.717) is 23.8 Å². The maximum absolute atomic E-state index is 12.3. The van der Waals surface area contributed by atoms with Gasteiger partial charge in [0.2, 0.25) is 0 Å². The zero-order valence-electron chi connectivity index (χ0n) is 24.5. The van der Waals surface area contributed by atoms with Crippen LogP contribution in [0, 0.1) is 35.0 Å². The van der Waals surface area contributed by atoms with E-state index >= 15 is 0 Å². The minimum absolute atomic E-state index is 0.0428. The van der Waals surface area contributed by atoms with Gasteiger partial charge in [0.05, 0.1) is 11.7 Å². The van der Waals surface area contributed by atoms with Gasteiger partial charge >= 0.3 is 0 Å². The molecule has 4 aliphatic carbocycles. The third-order valence-electron chi connectivity index (χ3n) is 12.5. The maximum atomic E-state index is 12.3. The van der Waals surface area contributed by atoms with Crippen molar-refractivity contribution in [3.05, 3.63) is 22.8 Å². The van der Waals surface area contributed by atoms with E-state index in [9.17, 15) is 4.79 Å². The van der Waals surface area contributed by atoms with Gasteiger partial charge in [-0.2, -0.15) is 0 Å². The number of hydrogen-bond acceptors (Lipinski definition) is 3. The summed E-state index contributed by atoms with van der Waals surface area (Å²) in [6.07, 6.45) is 18.5. The molecule has 2 saturated heterocycles. The third-order valence-corrected chi connectivity index (χ3v) is 12.5. The number of ether oxygens (including phenoxy) is 1. The number of allylic oxidation sites excluding steroid dienone is 3. The first-order chi connectivity index (χ1) is 17.8. The maximum Gasteiger partial charge on any atom is 0.136 e. The zero-order chi connectivity index (χ0) is 25.9. The average molecular weight is 508 g/mol. The van der Waals surface area contributed by atoms with E-state index in [4.69, 9.17) is 4.74 Å². The number of carbonyl (C=O) groups excluding carboxylic acids is 1. The predicted molar refractivity (Wildman–Crippen MR) is 151 cm³/mol. The Bertz CT molecular complexity index is 965. The quantitative estimate of drug-likeness (QED) is 0.270. The molecule has 6 aliphatic rings. The van der Waals surface area contributed by atoms with Gasteiger partial charge in [0.25, 0.3) is 0 Å². The van der Waals surface area contributed by atoms with Gasteiger partial charge in [0, 0.05) is 31.3 Å². The van der Waals surface area contributed by atoms with Crippen molar-refractivity contribution in [2.45, 2.75) is 136 Å². The van der Waals surface area contributed by atoms with Crippen LogP contribution in [0.3, 0.4) is 0 Å². The number of rotatable bonds is 6. The van der Waals surface area contributed by atoms with Gasteiger partial charge in [0.1, 0.15) is 5.78 Å². The number of carbonyl (C=O) groups is 1. The Hall–Kier alpha value is -0.930. The molecule has 1 spiro atoms. The largest absolute Gasteiger partial charge is 0.365 e. The van der Waals surface area contributed by atoms with Gasteiger partial charge in [-0.05, 0) is 93.1 Å². The highest BCUT2D eigenvalue weighted by molar-refractivity contribution is 5.82. The molecule has 2 saturated carbocycles. The summed E-state index contributed by atoms with van der Waals surface area (Å²) in [6.45, 7) is 14.8. The smallest absolute Gasteiger partial charge is 0.136 e. The van der Waals surface area contributed by atoms with Crippen LogP contribution in [-0.4, -0.2) is 41.5 Å². The summed E-state index contributed by atoms with van der Waals surface area (Å²) >= 11 is 0. The highest BCUT2D eigenvalue weighted by atomic mass is 16.5. The van der Waals surface area contributed by atoms with Crippen molar-refractivity contribution in [1.29, 1.82) is 0 Å². The van der Waals surface area contributed by atoms with Crippen molar-refractivity contribution < 1.29 is 9.53 Å². The molecule has 0 aromatic rings. The number of fused-ring (bicyclic) bond motifs is 6. The van der Waals surface area contributed by atoms with Crippen molar-refractivity contribution in [1.82, 2.24) is 4.90 Å². The molecule has 2 aliphatic heterocycles. The standard InChI is InChI=1S/C34H53NO2/c1-6-7-8-9-10-17-35-21-22(2)18-31-32(35)24(4)34(37-31)16-14-27-28-12-11-25-19-26(36)13-15-33(25,5)30(28)20-29(27)23(34)3/h11,22,24,27-28,30-32H,6-10,12-21H2,1-5H3/t22-,24+,27-,28-,30-,31+,32?,33-,34-/m0/s1. The molecule has 6 rings (SSSR count). The second kappa shape index (κ2) is 9.92. The van der Waals surface area contributed by atoms with Gasteiger partial charge in [-0.3, -0.25) is 9.69 Å². The summed E-state index contributed by atoms with van der Waals surface area (Å²) < 4.78 is 7.31. The number of hydrogen-bond donors (Lipinski definition) is 0. The summed E-state index contributed by atoms with van der Waals surface area (Å²) in [4.78, 5) is 15.1. The third kappa shape index (κ3) is 4.16. The molecule has 2 heterocycles. The number of ketones is 1. The van der Waals surface area contributed by atoms with Crippen molar-refractivity contribution in [3.8, 4) is 0 Å². The lowest BCUT2D eigenvalue weighted by atomic mass is 9.57. The number of piperidine rings is 1. The zero-order valence-corrected chi connectivity index (χ0v) is 24.5. The van der Waals surface area contributed by atoms with Crippen LogP contribution in [-0.2, 0) is 9.53 Å². The minimum Gasteiger partial charge on any atom is -0.365 e. The van der Waals surface area contributed by atoms with E-state index in [1.165, 1.54) is 82.9 Å². The first-order valence-electron chi connectivity index (χ1n) is 16.1. The molecule has 4 fully saturated rings. The van der Waals surface area contributed by atoms with Crippen LogP contribution in [0.4, 0.5) is 0 Å². The van der Waals surface area contributed by atoms with E-state index in [1.807, 2.05) is 0 Å². The fraction of sp³-hybridized carbons (Fsp3) is 0.853. The van der Waals surface area contributed by atoms with E-state index < -0.39 is 0 Å². The van der Waals surface area contributed by atoms with Crippen molar-refractivity contribution in [2.75, 3.05) is 13.1 Å². The summed E-state index contributed by atoms with van der Waals surface area (Å²) in [7, 11) is 0. The number of likely N-dealkylation sites (tertiary alicyclic amines) is 1. The van der Waals surface area contributed by atoms with Gasteiger partial charge in [0.15, 0.2) is 0 Å². The Balaban J connectivity index is 1.24. The molecule has 206 valence electrons. The molecule has 0 bridgehead atoms. The fourth-order valence-corrected chi connectivity index (χ4v) is 10.5. The van der Waals surface area contributed by atoms with Crippen molar-refractivity contribution in [2.24, 2.45) is 35.0 Å². The second-order valence-corrected chi connectivity index (χ2v) is 14.4. The predicted octanol–water partition coefficient (Wildman–Crippen LogP) is 7.89.